The molecule has 6 heteroatoms. The van der Waals surface area contributed by atoms with Crippen LogP contribution in [0, 0.1) is 17.0 Å². The van der Waals surface area contributed by atoms with Gasteiger partial charge in [-0.3, -0.25) is 10.1 Å². The van der Waals surface area contributed by atoms with Gasteiger partial charge in [0.1, 0.15) is 0 Å². The zero-order valence-corrected chi connectivity index (χ0v) is 9.77. The minimum absolute atomic E-state index is 0.00210. The first-order chi connectivity index (χ1) is 8.13. The van der Waals surface area contributed by atoms with E-state index in [4.69, 9.17) is 16.0 Å². The first kappa shape index (κ1) is 11.6. The van der Waals surface area contributed by atoms with E-state index in [1.54, 1.807) is 19.1 Å². The Balaban J connectivity index is 2.61. The van der Waals surface area contributed by atoms with Crippen LogP contribution in [0.1, 0.15) is 11.5 Å². The van der Waals surface area contributed by atoms with Gasteiger partial charge in [-0.2, -0.15) is 0 Å². The maximum absolute atomic E-state index is 10.9. The quantitative estimate of drug-likeness (QED) is 0.477. The van der Waals surface area contributed by atoms with Crippen LogP contribution in [0.25, 0.3) is 11.3 Å². The monoisotopic (exact) mass is 252 g/mol. The first-order valence-electron chi connectivity index (χ1n) is 4.88. The molecule has 2 aromatic rings. The van der Waals surface area contributed by atoms with Crippen molar-refractivity contribution in [1.29, 1.82) is 0 Å². The molecule has 0 amide bonds. The largest absolute Gasteiger partial charge is 0.439 e. The van der Waals surface area contributed by atoms with E-state index < -0.39 is 4.92 Å². The van der Waals surface area contributed by atoms with E-state index in [0.29, 0.717) is 17.2 Å². The van der Waals surface area contributed by atoms with Gasteiger partial charge in [-0.05, 0) is 12.5 Å². The topological polar surface area (TPSA) is 69.2 Å². The summed E-state index contributed by atoms with van der Waals surface area (Å²) in [5, 5.41) is 10.9. The Morgan fingerprint density at radius 2 is 2.29 bits per heavy atom. The number of rotatable bonds is 3. The van der Waals surface area contributed by atoms with E-state index in [0.717, 1.165) is 5.56 Å². The Labute approximate surface area is 102 Å². The number of benzene rings is 1. The van der Waals surface area contributed by atoms with Gasteiger partial charge >= 0.3 is 0 Å². The molecule has 0 aliphatic heterocycles. The molecule has 0 unspecified atom stereocenters. The highest BCUT2D eigenvalue weighted by Gasteiger charge is 2.20. The maximum Gasteiger partial charge on any atom is 0.280 e. The zero-order chi connectivity index (χ0) is 12.4. The Bertz CT molecular complexity index is 566. The highest BCUT2D eigenvalue weighted by atomic mass is 35.5. The third-order valence-corrected chi connectivity index (χ3v) is 2.59. The fourth-order valence-electron chi connectivity index (χ4n) is 1.61. The number of nitro groups is 1. The number of halogens is 1. The molecule has 2 rings (SSSR count). The predicted molar refractivity (Wildman–Crippen MR) is 62.9 cm³/mol. The van der Waals surface area contributed by atoms with Gasteiger partial charge in [-0.1, -0.05) is 12.1 Å². The van der Waals surface area contributed by atoms with Crippen LogP contribution in [-0.4, -0.2) is 9.91 Å². The van der Waals surface area contributed by atoms with Crippen molar-refractivity contribution >= 4 is 17.3 Å². The lowest BCUT2D eigenvalue weighted by Crippen LogP contribution is -1.93. The van der Waals surface area contributed by atoms with Crippen molar-refractivity contribution < 1.29 is 9.34 Å². The molecule has 0 radical (unpaired) electrons. The SMILES string of the molecule is Cc1cccc([N+](=O)[O-])c1-c1cnc(CCl)o1. The van der Waals surface area contributed by atoms with Gasteiger partial charge in [0.05, 0.1) is 22.6 Å². The van der Waals surface area contributed by atoms with Crippen molar-refractivity contribution in [3.63, 3.8) is 0 Å². The fourth-order valence-corrected chi connectivity index (χ4v) is 1.74. The van der Waals surface area contributed by atoms with Crippen LogP contribution in [0.15, 0.2) is 28.8 Å². The lowest BCUT2D eigenvalue weighted by molar-refractivity contribution is -0.384. The summed E-state index contributed by atoms with van der Waals surface area (Å²) >= 11 is 5.58. The summed E-state index contributed by atoms with van der Waals surface area (Å²) in [6.45, 7) is 1.78. The van der Waals surface area contributed by atoms with E-state index in [9.17, 15) is 10.1 Å². The molecule has 1 aromatic carbocycles. The number of alkyl halides is 1. The van der Waals surface area contributed by atoms with Crippen LogP contribution in [0.2, 0.25) is 0 Å². The molecule has 0 saturated carbocycles. The fraction of sp³-hybridized carbons (Fsp3) is 0.182. The Kier molecular flexibility index (Phi) is 3.10. The highest BCUT2D eigenvalue weighted by Crippen LogP contribution is 2.33. The molecule has 17 heavy (non-hydrogen) atoms. The van der Waals surface area contributed by atoms with Crippen molar-refractivity contribution in [3.05, 3.63) is 46.0 Å². The summed E-state index contributed by atoms with van der Waals surface area (Å²) in [5.41, 5.74) is 1.21. The number of nitro benzene ring substituents is 1. The molecule has 5 nitrogen and oxygen atoms in total. The second kappa shape index (κ2) is 4.55. The summed E-state index contributed by atoms with van der Waals surface area (Å²) in [6.07, 6.45) is 1.45. The first-order valence-corrected chi connectivity index (χ1v) is 5.42. The number of aromatic nitrogens is 1. The number of oxazole rings is 1. The highest BCUT2D eigenvalue weighted by molar-refractivity contribution is 6.16. The molecule has 1 heterocycles. The summed E-state index contributed by atoms with van der Waals surface area (Å²) in [4.78, 5) is 14.4. The van der Waals surface area contributed by atoms with Gasteiger partial charge in [0.2, 0.25) is 5.89 Å². The van der Waals surface area contributed by atoms with Crippen LogP contribution >= 0.6 is 11.6 Å². The van der Waals surface area contributed by atoms with E-state index in [1.807, 2.05) is 0 Å². The molecule has 0 aliphatic rings. The van der Waals surface area contributed by atoms with E-state index in [-0.39, 0.29) is 11.6 Å². The van der Waals surface area contributed by atoms with Gasteiger partial charge in [0.25, 0.3) is 5.69 Å². The molecular formula is C11H9ClN2O3. The number of hydrogen-bond acceptors (Lipinski definition) is 4. The smallest absolute Gasteiger partial charge is 0.280 e. The number of nitrogens with zero attached hydrogens (tertiary/aromatic N) is 2. The van der Waals surface area contributed by atoms with Crippen LogP contribution in [-0.2, 0) is 5.88 Å². The van der Waals surface area contributed by atoms with Crippen LogP contribution in [0.4, 0.5) is 5.69 Å². The van der Waals surface area contributed by atoms with Crippen LogP contribution in [0.3, 0.4) is 0 Å². The van der Waals surface area contributed by atoms with Crippen molar-refractivity contribution in [2.45, 2.75) is 12.8 Å². The van der Waals surface area contributed by atoms with Crippen molar-refractivity contribution in [1.82, 2.24) is 4.98 Å². The molecule has 0 saturated heterocycles. The summed E-state index contributed by atoms with van der Waals surface area (Å²) in [7, 11) is 0. The number of hydrogen-bond donors (Lipinski definition) is 0. The van der Waals surface area contributed by atoms with Gasteiger partial charge in [-0.15, -0.1) is 11.6 Å². The third kappa shape index (κ3) is 2.14. The lowest BCUT2D eigenvalue weighted by Gasteiger charge is -2.02. The van der Waals surface area contributed by atoms with Gasteiger partial charge < -0.3 is 4.42 Å². The molecule has 1 aromatic heterocycles. The molecule has 0 atom stereocenters. The average molecular weight is 253 g/mol. The van der Waals surface area contributed by atoms with Crippen molar-refractivity contribution in [3.8, 4) is 11.3 Å². The molecule has 0 aliphatic carbocycles. The lowest BCUT2D eigenvalue weighted by atomic mass is 10.1. The van der Waals surface area contributed by atoms with E-state index in [2.05, 4.69) is 4.98 Å². The second-order valence-electron chi connectivity index (χ2n) is 3.48. The summed E-state index contributed by atoms with van der Waals surface area (Å²) < 4.78 is 5.34. The van der Waals surface area contributed by atoms with Crippen LogP contribution < -0.4 is 0 Å². The zero-order valence-electron chi connectivity index (χ0n) is 9.01. The Morgan fingerprint density at radius 1 is 1.53 bits per heavy atom. The molecule has 0 bridgehead atoms. The standard InChI is InChI=1S/C11H9ClN2O3/c1-7-3-2-4-8(14(15)16)11(7)9-6-13-10(5-12)17-9/h2-4,6H,5H2,1H3. The van der Waals surface area contributed by atoms with E-state index >= 15 is 0 Å². The second-order valence-corrected chi connectivity index (χ2v) is 3.75. The molecule has 0 N–H and O–H groups in total. The Morgan fingerprint density at radius 3 is 2.88 bits per heavy atom. The van der Waals surface area contributed by atoms with Crippen molar-refractivity contribution in [2.75, 3.05) is 0 Å². The van der Waals surface area contributed by atoms with Gasteiger partial charge in [-0.25, -0.2) is 4.98 Å². The average Bonchev–Trinajstić information content (AvgIpc) is 2.76. The van der Waals surface area contributed by atoms with Gasteiger partial charge in [0.15, 0.2) is 5.76 Å². The molecule has 0 spiro atoms. The predicted octanol–water partition coefficient (Wildman–Crippen LogP) is 3.30. The molecule has 88 valence electrons. The maximum atomic E-state index is 10.9. The number of aryl methyl sites for hydroxylation is 1. The molecular weight excluding hydrogens is 244 g/mol. The normalized spacial score (nSPS) is 10.5. The van der Waals surface area contributed by atoms with E-state index in [1.165, 1.54) is 12.3 Å². The molecule has 0 fully saturated rings. The summed E-state index contributed by atoms with van der Waals surface area (Å²) in [5.74, 6) is 0.851. The summed E-state index contributed by atoms with van der Waals surface area (Å²) in [6, 6.07) is 4.85. The minimum atomic E-state index is -0.439. The Hall–Kier alpha value is -1.88. The van der Waals surface area contributed by atoms with Crippen molar-refractivity contribution in [2.24, 2.45) is 0 Å². The minimum Gasteiger partial charge on any atom is -0.439 e. The van der Waals surface area contributed by atoms with Gasteiger partial charge in [0, 0.05) is 6.07 Å². The van der Waals surface area contributed by atoms with Crippen LogP contribution in [0.5, 0.6) is 0 Å². The third-order valence-electron chi connectivity index (χ3n) is 2.36.